The van der Waals surface area contributed by atoms with Crippen molar-refractivity contribution < 1.29 is 18.0 Å². The standard InChI is InChI=1S/C12H14F3N3O/c13-12(14,15)7-17-11(19)18-5-4-8-2-1-3-10(16)9(8)6-18/h1-3H,4-7,16H2,(H,17,19). The number of rotatable bonds is 1. The predicted octanol–water partition coefficient (Wildman–Crippen LogP) is 1.90. The fourth-order valence-electron chi connectivity index (χ4n) is 2.07. The van der Waals surface area contributed by atoms with Crippen LogP contribution in [0.4, 0.5) is 23.7 Å². The minimum Gasteiger partial charge on any atom is -0.398 e. The third kappa shape index (κ3) is 3.30. The summed E-state index contributed by atoms with van der Waals surface area (Å²) >= 11 is 0. The lowest BCUT2D eigenvalue weighted by molar-refractivity contribution is -0.123. The van der Waals surface area contributed by atoms with Crippen LogP contribution in [-0.2, 0) is 13.0 Å². The molecule has 0 aliphatic carbocycles. The summed E-state index contributed by atoms with van der Waals surface area (Å²) in [6.07, 6.45) is -3.80. The number of anilines is 1. The van der Waals surface area contributed by atoms with Gasteiger partial charge in [-0.15, -0.1) is 0 Å². The van der Waals surface area contributed by atoms with Gasteiger partial charge in [0.15, 0.2) is 0 Å². The molecule has 1 aliphatic rings. The molecule has 0 saturated carbocycles. The quantitative estimate of drug-likeness (QED) is 0.768. The maximum atomic E-state index is 12.0. The number of nitrogens with one attached hydrogen (secondary N) is 1. The van der Waals surface area contributed by atoms with Crippen molar-refractivity contribution in [2.75, 3.05) is 18.8 Å². The van der Waals surface area contributed by atoms with E-state index in [1.165, 1.54) is 4.90 Å². The molecule has 7 heteroatoms. The molecule has 0 unspecified atom stereocenters. The fourth-order valence-corrected chi connectivity index (χ4v) is 2.07. The van der Waals surface area contributed by atoms with E-state index in [9.17, 15) is 18.0 Å². The van der Waals surface area contributed by atoms with Crippen molar-refractivity contribution >= 4 is 11.7 Å². The number of urea groups is 1. The number of nitrogens with two attached hydrogens (primary N) is 1. The average molecular weight is 273 g/mol. The number of benzene rings is 1. The molecule has 0 radical (unpaired) electrons. The molecule has 1 heterocycles. The van der Waals surface area contributed by atoms with E-state index in [-0.39, 0.29) is 6.54 Å². The van der Waals surface area contributed by atoms with E-state index >= 15 is 0 Å². The first-order chi connectivity index (χ1) is 8.87. The Kier molecular flexibility index (Phi) is 3.55. The van der Waals surface area contributed by atoms with Crippen LogP contribution in [0.1, 0.15) is 11.1 Å². The second kappa shape index (κ2) is 4.99. The summed E-state index contributed by atoms with van der Waals surface area (Å²) < 4.78 is 36.1. The van der Waals surface area contributed by atoms with Crippen LogP contribution in [0.5, 0.6) is 0 Å². The van der Waals surface area contributed by atoms with Crippen molar-refractivity contribution in [2.45, 2.75) is 19.1 Å². The number of nitrogens with zero attached hydrogens (tertiary/aromatic N) is 1. The van der Waals surface area contributed by atoms with E-state index in [0.29, 0.717) is 18.7 Å². The van der Waals surface area contributed by atoms with Gasteiger partial charge in [0.25, 0.3) is 0 Å². The summed E-state index contributed by atoms with van der Waals surface area (Å²) in [6.45, 7) is -0.689. The van der Waals surface area contributed by atoms with Gasteiger partial charge in [0.05, 0.1) is 0 Å². The monoisotopic (exact) mass is 273 g/mol. The zero-order chi connectivity index (χ0) is 14.0. The number of carbonyl (C=O) groups is 1. The van der Waals surface area contributed by atoms with Crippen molar-refractivity contribution in [1.29, 1.82) is 0 Å². The highest BCUT2D eigenvalue weighted by atomic mass is 19.4. The first-order valence-electron chi connectivity index (χ1n) is 5.82. The predicted molar refractivity (Wildman–Crippen MR) is 64.4 cm³/mol. The van der Waals surface area contributed by atoms with Gasteiger partial charge < -0.3 is 16.0 Å². The first-order valence-corrected chi connectivity index (χ1v) is 5.82. The Balaban J connectivity index is 2.01. The second-order valence-electron chi connectivity index (χ2n) is 4.43. The largest absolute Gasteiger partial charge is 0.405 e. The SMILES string of the molecule is Nc1cccc2c1CN(C(=O)NCC(F)(F)F)CC2. The number of carbonyl (C=O) groups excluding carboxylic acids is 1. The molecule has 2 rings (SSSR count). The average Bonchev–Trinajstić information content (AvgIpc) is 2.35. The summed E-state index contributed by atoms with van der Waals surface area (Å²) in [6, 6.07) is 4.74. The van der Waals surface area contributed by atoms with Gasteiger partial charge in [0.2, 0.25) is 0 Å². The van der Waals surface area contributed by atoms with Crippen LogP contribution >= 0.6 is 0 Å². The molecule has 1 aromatic rings. The van der Waals surface area contributed by atoms with Gasteiger partial charge in [-0.05, 0) is 23.6 Å². The molecule has 0 aromatic heterocycles. The molecule has 0 atom stereocenters. The molecule has 3 N–H and O–H groups in total. The Morgan fingerprint density at radius 2 is 2.16 bits per heavy atom. The molecule has 1 aliphatic heterocycles. The van der Waals surface area contributed by atoms with E-state index in [1.54, 1.807) is 6.07 Å². The van der Waals surface area contributed by atoms with Crippen molar-refractivity contribution in [3.05, 3.63) is 29.3 Å². The topological polar surface area (TPSA) is 58.4 Å². The third-order valence-electron chi connectivity index (χ3n) is 3.04. The Labute approximate surface area is 108 Å². The van der Waals surface area contributed by atoms with E-state index in [0.717, 1.165) is 11.1 Å². The normalized spacial score (nSPS) is 15.0. The lowest BCUT2D eigenvalue weighted by Crippen LogP contribution is -2.45. The van der Waals surface area contributed by atoms with Gasteiger partial charge in [-0.1, -0.05) is 12.1 Å². The summed E-state index contributed by atoms with van der Waals surface area (Å²) in [5, 5.41) is 1.86. The van der Waals surface area contributed by atoms with Gasteiger partial charge in [0, 0.05) is 18.8 Å². The Morgan fingerprint density at radius 3 is 2.84 bits per heavy atom. The van der Waals surface area contributed by atoms with E-state index < -0.39 is 18.8 Å². The highest BCUT2D eigenvalue weighted by molar-refractivity contribution is 5.75. The first kappa shape index (κ1) is 13.5. The molecule has 0 fully saturated rings. The van der Waals surface area contributed by atoms with Crippen LogP contribution in [0.3, 0.4) is 0 Å². The van der Waals surface area contributed by atoms with Gasteiger partial charge in [-0.25, -0.2) is 4.79 Å². The number of hydrogen-bond donors (Lipinski definition) is 2. The highest BCUT2D eigenvalue weighted by Crippen LogP contribution is 2.24. The zero-order valence-corrected chi connectivity index (χ0v) is 10.1. The Bertz CT molecular complexity index is 488. The van der Waals surface area contributed by atoms with E-state index in [2.05, 4.69) is 0 Å². The summed E-state index contributed by atoms with van der Waals surface area (Å²) in [4.78, 5) is 13.0. The van der Waals surface area contributed by atoms with E-state index in [1.807, 2.05) is 17.4 Å². The smallest absolute Gasteiger partial charge is 0.398 e. The van der Waals surface area contributed by atoms with Gasteiger partial charge in [0.1, 0.15) is 6.54 Å². The highest BCUT2D eigenvalue weighted by Gasteiger charge is 2.29. The van der Waals surface area contributed by atoms with Crippen LogP contribution in [0.15, 0.2) is 18.2 Å². The molecule has 0 bridgehead atoms. The molecule has 1 aromatic carbocycles. The number of fused-ring (bicyclic) bond motifs is 1. The molecular formula is C12H14F3N3O. The van der Waals surface area contributed by atoms with Crippen LogP contribution in [0.2, 0.25) is 0 Å². The van der Waals surface area contributed by atoms with Crippen molar-refractivity contribution in [1.82, 2.24) is 10.2 Å². The van der Waals surface area contributed by atoms with Crippen LogP contribution in [0.25, 0.3) is 0 Å². The molecular weight excluding hydrogens is 259 g/mol. The third-order valence-corrected chi connectivity index (χ3v) is 3.04. The van der Waals surface area contributed by atoms with Crippen LogP contribution in [0, 0.1) is 0 Å². The minimum atomic E-state index is -4.40. The number of nitrogen functional groups attached to an aromatic ring is 1. The van der Waals surface area contributed by atoms with Crippen LogP contribution in [-0.4, -0.2) is 30.2 Å². The number of alkyl halides is 3. The fraction of sp³-hybridized carbons (Fsp3) is 0.417. The van der Waals surface area contributed by atoms with Gasteiger partial charge in [-0.3, -0.25) is 0 Å². The lowest BCUT2D eigenvalue weighted by atomic mass is 9.98. The Morgan fingerprint density at radius 1 is 1.42 bits per heavy atom. The minimum absolute atomic E-state index is 0.242. The zero-order valence-electron chi connectivity index (χ0n) is 10.1. The summed E-state index contributed by atoms with van der Waals surface area (Å²) in [5.74, 6) is 0. The number of halogens is 3. The number of amides is 2. The van der Waals surface area contributed by atoms with Crippen molar-refractivity contribution in [2.24, 2.45) is 0 Å². The second-order valence-corrected chi connectivity index (χ2v) is 4.43. The van der Waals surface area contributed by atoms with Gasteiger partial charge in [-0.2, -0.15) is 13.2 Å². The molecule has 19 heavy (non-hydrogen) atoms. The van der Waals surface area contributed by atoms with E-state index in [4.69, 9.17) is 5.73 Å². The molecule has 0 spiro atoms. The summed E-state index contributed by atoms with van der Waals surface area (Å²) in [5.41, 5.74) is 8.23. The lowest BCUT2D eigenvalue weighted by Gasteiger charge is -2.29. The maximum absolute atomic E-state index is 12.0. The molecule has 2 amide bonds. The van der Waals surface area contributed by atoms with Gasteiger partial charge >= 0.3 is 12.2 Å². The number of hydrogen-bond acceptors (Lipinski definition) is 2. The molecule has 104 valence electrons. The van der Waals surface area contributed by atoms with Crippen molar-refractivity contribution in [3.8, 4) is 0 Å². The maximum Gasteiger partial charge on any atom is 0.405 e. The summed E-state index contributed by atoms with van der Waals surface area (Å²) in [7, 11) is 0. The van der Waals surface area contributed by atoms with Crippen LogP contribution < -0.4 is 11.1 Å². The Hall–Kier alpha value is -1.92. The van der Waals surface area contributed by atoms with Crippen molar-refractivity contribution in [3.63, 3.8) is 0 Å². The molecule has 0 saturated heterocycles. The molecule has 4 nitrogen and oxygen atoms in total.